The summed E-state index contributed by atoms with van der Waals surface area (Å²) in [6, 6.07) is 10.4. The van der Waals surface area contributed by atoms with Gasteiger partial charge in [-0.15, -0.1) is 0 Å². The average molecular weight is 653 g/mol. The largest absolute Gasteiger partial charge is 0.458 e. The Morgan fingerprint density at radius 1 is 0.851 bits per heavy atom. The summed E-state index contributed by atoms with van der Waals surface area (Å²) in [5.74, 6) is -2.80. The van der Waals surface area contributed by atoms with Crippen molar-refractivity contribution in [2.24, 2.45) is 5.73 Å². The molecule has 258 valence electrons. The summed E-state index contributed by atoms with van der Waals surface area (Å²) in [4.78, 5) is 68.9. The van der Waals surface area contributed by atoms with Crippen molar-refractivity contribution in [3.05, 3.63) is 70.8 Å². The average Bonchev–Trinajstić information content (AvgIpc) is 2.94. The van der Waals surface area contributed by atoms with Crippen molar-refractivity contribution in [1.29, 1.82) is 0 Å². The van der Waals surface area contributed by atoms with Gasteiger partial charge in [0.25, 0.3) is 0 Å². The Hall–Kier alpha value is -4.41. The molecule has 0 aromatic heterocycles. The molecule has 11 heteroatoms. The number of nitrogens with one attached hydrogen (secondary N) is 2. The smallest absolute Gasteiger partial charge is 0.408 e. The molecule has 0 fully saturated rings. The monoisotopic (exact) mass is 652 g/mol. The number of rotatable bonds is 13. The second-order valence-electron chi connectivity index (χ2n) is 13.9. The van der Waals surface area contributed by atoms with E-state index >= 15 is 0 Å². The molecule has 0 aliphatic rings. The SMILES string of the molecule is CCC(C)N(C(=O)C(CC(N)=O)NC(=O)OC(C)(C)C)C(C(=O)NC(Cc1ccccc1)C(=O)OC(C)(C)C)c1cc(C)ccc1C. The summed E-state index contributed by atoms with van der Waals surface area (Å²) >= 11 is 0. The number of alkyl carbamates (subject to hydrolysis) is 1. The molecule has 0 aliphatic heterocycles. The molecule has 0 saturated carbocycles. The third-order valence-corrected chi connectivity index (χ3v) is 7.26. The summed E-state index contributed by atoms with van der Waals surface area (Å²) in [7, 11) is 0. The Morgan fingerprint density at radius 3 is 1.98 bits per heavy atom. The number of hydrogen-bond donors (Lipinski definition) is 3. The van der Waals surface area contributed by atoms with Crippen LogP contribution in [-0.4, -0.2) is 64.0 Å². The summed E-state index contributed by atoms with van der Waals surface area (Å²) in [6.45, 7) is 17.5. The minimum atomic E-state index is -1.43. The number of primary amides is 1. The van der Waals surface area contributed by atoms with E-state index in [0.29, 0.717) is 12.0 Å². The minimum Gasteiger partial charge on any atom is -0.458 e. The van der Waals surface area contributed by atoms with Gasteiger partial charge < -0.3 is 30.7 Å². The van der Waals surface area contributed by atoms with Gasteiger partial charge >= 0.3 is 12.1 Å². The van der Waals surface area contributed by atoms with Crippen molar-refractivity contribution in [3.63, 3.8) is 0 Å². The fourth-order valence-electron chi connectivity index (χ4n) is 4.97. The maximum atomic E-state index is 14.6. The fourth-order valence-corrected chi connectivity index (χ4v) is 4.97. The third kappa shape index (κ3) is 12.4. The highest BCUT2D eigenvalue weighted by Gasteiger charge is 2.41. The van der Waals surface area contributed by atoms with Crippen LogP contribution in [0.15, 0.2) is 48.5 Å². The number of aryl methyl sites for hydroxylation is 2. The first kappa shape index (κ1) is 38.8. The van der Waals surface area contributed by atoms with E-state index in [1.54, 1.807) is 48.5 Å². The predicted octanol–water partition coefficient (Wildman–Crippen LogP) is 4.81. The van der Waals surface area contributed by atoms with Crippen molar-refractivity contribution in [3.8, 4) is 0 Å². The van der Waals surface area contributed by atoms with Crippen LogP contribution in [0.3, 0.4) is 0 Å². The number of carbonyl (C=O) groups excluding carboxylic acids is 5. The lowest BCUT2D eigenvalue weighted by molar-refractivity contribution is -0.159. The Labute approximate surface area is 278 Å². The zero-order valence-electron chi connectivity index (χ0n) is 29.4. The van der Waals surface area contributed by atoms with Crippen molar-refractivity contribution in [2.45, 2.75) is 124 Å². The maximum absolute atomic E-state index is 14.6. The minimum absolute atomic E-state index is 0.142. The zero-order valence-corrected chi connectivity index (χ0v) is 29.4. The molecular formula is C36H52N4O7. The van der Waals surface area contributed by atoms with E-state index < -0.39 is 71.6 Å². The van der Waals surface area contributed by atoms with Gasteiger partial charge in [-0.2, -0.15) is 0 Å². The molecule has 11 nitrogen and oxygen atoms in total. The van der Waals surface area contributed by atoms with Crippen LogP contribution in [0.25, 0.3) is 0 Å². The molecule has 2 aromatic rings. The van der Waals surface area contributed by atoms with E-state index in [-0.39, 0.29) is 6.42 Å². The van der Waals surface area contributed by atoms with Crippen molar-refractivity contribution in [2.75, 3.05) is 0 Å². The number of hydrogen-bond acceptors (Lipinski definition) is 7. The standard InChI is InChI=1S/C36H52N4O7/c1-11-24(4)40(32(43)27(21-29(37)41)39-34(45)47-36(8,9)10)30(26-19-22(2)17-18-23(26)3)31(42)38-28(33(44)46-35(5,6)7)20-25-15-13-12-14-16-25/h12-19,24,27-28,30H,11,20-21H2,1-10H3,(H2,37,41)(H,38,42)(H,39,45). The van der Waals surface area contributed by atoms with Gasteiger partial charge in [-0.3, -0.25) is 14.4 Å². The van der Waals surface area contributed by atoms with E-state index in [2.05, 4.69) is 10.6 Å². The van der Waals surface area contributed by atoms with Crippen LogP contribution < -0.4 is 16.4 Å². The number of carbonyl (C=O) groups is 5. The molecule has 4 N–H and O–H groups in total. The lowest BCUT2D eigenvalue weighted by Gasteiger charge is -2.39. The van der Waals surface area contributed by atoms with Gasteiger partial charge in [0.1, 0.15) is 29.3 Å². The maximum Gasteiger partial charge on any atom is 0.408 e. The van der Waals surface area contributed by atoms with Crippen molar-refractivity contribution >= 4 is 29.8 Å². The van der Waals surface area contributed by atoms with E-state index in [9.17, 15) is 24.0 Å². The highest BCUT2D eigenvalue weighted by atomic mass is 16.6. The molecule has 2 rings (SSSR count). The first-order valence-corrected chi connectivity index (χ1v) is 16.0. The predicted molar refractivity (Wildman–Crippen MR) is 180 cm³/mol. The van der Waals surface area contributed by atoms with Gasteiger partial charge in [0.2, 0.25) is 17.7 Å². The van der Waals surface area contributed by atoms with Gasteiger partial charge in [0.15, 0.2) is 0 Å². The Bertz CT molecular complexity index is 1410. The van der Waals surface area contributed by atoms with Crippen LogP contribution in [0.4, 0.5) is 4.79 Å². The lowest BCUT2D eigenvalue weighted by Crippen LogP contribution is -2.57. The number of nitrogens with two attached hydrogens (primary N) is 1. The quantitative estimate of drug-likeness (QED) is 0.262. The number of nitrogens with zero attached hydrogens (tertiary/aromatic N) is 1. The first-order chi connectivity index (χ1) is 21.7. The van der Waals surface area contributed by atoms with Gasteiger partial charge in [0, 0.05) is 12.5 Å². The molecule has 0 radical (unpaired) electrons. The van der Waals surface area contributed by atoms with E-state index in [1.807, 2.05) is 69.3 Å². The van der Waals surface area contributed by atoms with Crippen molar-refractivity contribution < 1.29 is 33.4 Å². The van der Waals surface area contributed by atoms with E-state index in [4.69, 9.17) is 15.2 Å². The van der Waals surface area contributed by atoms with Crippen LogP contribution in [-0.2, 0) is 35.1 Å². The number of amides is 4. The van der Waals surface area contributed by atoms with Crippen molar-refractivity contribution in [1.82, 2.24) is 15.5 Å². The van der Waals surface area contributed by atoms with Gasteiger partial charge in [-0.1, -0.05) is 61.0 Å². The Balaban J connectivity index is 2.70. The molecule has 0 bridgehead atoms. The molecule has 4 atom stereocenters. The highest BCUT2D eigenvalue weighted by Crippen LogP contribution is 2.30. The number of ether oxygens (including phenoxy) is 2. The Kier molecular flexibility index (Phi) is 13.5. The Morgan fingerprint density at radius 2 is 1.45 bits per heavy atom. The molecule has 0 saturated heterocycles. The summed E-state index contributed by atoms with van der Waals surface area (Å²) in [6.07, 6.45) is -0.874. The van der Waals surface area contributed by atoms with Crippen LogP contribution >= 0.6 is 0 Å². The van der Waals surface area contributed by atoms with E-state index in [0.717, 1.165) is 16.7 Å². The topological polar surface area (TPSA) is 157 Å². The van der Waals surface area contributed by atoms with Gasteiger partial charge in [0.05, 0.1) is 6.42 Å². The highest BCUT2D eigenvalue weighted by molar-refractivity contribution is 5.96. The molecule has 0 spiro atoms. The van der Waals surface area contributed by atoms with Crippen LogP contribution in [0.2, 0.25) is 0 Å². The first-order valence-electron chi connectivity index (χ1n) is 16.0. The number of benzene rings is 2. The van der Waals surface area contributed by atoms with Crippen LogP contribution in [0.5, 0.6) is 0 Å². The van der Waals surface area contributed by atoms with Gasteiger partial charge in [-0.25, -0.2) is 9.59 Å². The summed E-state index contributed by atoms with van der Waals surface area (Å²) in [5.41, 5.74) is 6.71. The summed E-state index contributed by atoms with van der Waals surface area (Å²) < 4.78 is 11.1. The molecule has 4 unspecified atom stereocenters. The number of esters is 1. The van der Waals surface area contributed by atoms with Crippen LogP contribution in [0, 0.1) is 13.8 Å². The second-order valence-corrected chi connectivity index (χ2v) is 13.9. The second kappa shape index (κ2) is 16.4. The zero-order chi connectivity index (χ0) is 35.7. The molecule has 4 amide bonds. The van der Waals surface area contributed by atoms with E-state index in [1.165, 1.54) is 4.90 Å². The van der Waals surface area contributed by atoms with Crippen LogP contribution in [0.1, 0.15) is 96.5 Å². The normalized spacial score (nSPS) is 14.2. The molecule has 2 aromatic carbocycles. The molecule has 0 aliphatic carbocycles. The fraction of sp³-hybridized carbons (Fsp3) is 0.528. The molecule has 0 heterocycles. The molecular weight excluding hydrogens is 600 g/mol. The third-order valence-electron chi connectivity index (χ3n) is 7.26. The summed E-state index contributed by atoms with van der Waals surface area (Å²) in [5, 5.41) is 5.38. The van der Waals surface area contributed by atoms with Gasteiger partial charge in [-0.05, 0) is 85.4 Å². The lowest BCUT2D eigenvalue weighted by atomic mass is 9.94. The molecule has 47 heavy (non-hydrogen) atoms.